The summed E-state index contributed by atoms with van der Waals surface area (Å²) in [4.78, 5) is 4.48. The number of benzene rings is 1. The van der Waals surface area contributed by atoms with E-state index in [0.717, 1.165) is 29.4 Å². The summed E-state index contributed by atoms with van der Waals surface area (Å²) in [7, 11) is 0. The van der Waals surface area contributed by atoms with Crippen molar-refractivity contribution in [3.8, 4) is 16.3 Å². The van der Waals surface area contributed by atoms with Crippen molar-refractivity contribution in [2.24, 2.45) is 0 Å². The maximum absolute atomic E-state index is 12.0. The van der Waals surface area contributed by atoms with E-state index in [1.54, 1.807) is 12.1 Å². The van der Waals surface area contributed by atoms with Crippen LogP contribution in [-0.2, 0) is 6.54 Å². The Hall–Kier alpha value is -1.53. The molecule has 0 aliphatic heterocycles. The van der Waals surface area contributed by atoms with Crippen LogP contribution in [-0.4, -0.2) is 18.1 Å². The highest BCUT2D eigenvalue weighted by molar-refractivity contribution is 7.13. The first-order valence-electron chi connectivity index (χ1n) is 5.89. The molecule has 6 heteroatoms. The van der Waals surface area contributed by atoms with Crippen molar-refractivity contribution in [1.82, 2.24) is 10.3 Å². The van der Waals surface area contributed by atoms with Gasteiger partial charge in [-0.15, -0.1) is 11.3 Å². The molecule has 102 valence electrons. The number of nitrogens with zero attached hydrogens (tertiary/aromatic N) is 1. The predicted molar refractivity (Wildman–Crippen MR) is 71.6 cm³/mol. The van der Waals surface area contributed by atoms with Gasteiger partial charge in [-0.05, 0) is 30.8 Å². The van der Waals surface area contributed by atoms with Gasteiger partial charge in [-0.1, -0.05) is 6.92 Å². The standard InChI is InChI=1S/C13H14F2N2OS/c1-2-16-7-10-8-19-12(17-10)9-3-5-11(6-4-9)18-13(14)15/h3-6,8,13,16H,2,7H2,1H3. The summed E-state index contributed by atoms with van der Waals surface area (Å²) < 4.78 is 28.4. The zero-order valence-electron chi connectivity index (χ0n) is 10.4. The highest BCUT2D eigenvalue weighted by Crippen LogP contribution is 2.26. The largest absolute Gasteiger partial charge is 0.435 e. The minimum absolute atomic E-state index is 0.156. The molecule has 0 radical (unpaired) electrons. The molecule has 2 rings (SSSR count). The zero-order chi connectivity index (χ0) is 13.7. The number of hydrogen-bond acceptors (Lipinski definition) is 4. The van der Waals surface area contributed by atoms with Gasteiger partial charge in [0.25, 0.3) is 0 Å². The summed E-state index contributed by atoms with van der Waals surface area (Å²) in [5, 5.41) is 6.06. The summed E-state index contributed by atoms with van der Waals surface area (Å²) in [5.41, 5.74) is 1.88. The molecule has 0 spiro atoms. The van der Waals surface area contributed by atoms with E-state index in [1.165, 1.54) is 23.5 Å². The van der Waals surface area contributed by atoms with Crippen LogP contribution in [0.1, 0.15) is 12.6 Å². The molecule has 0 atom stereocenters. The molecular weight excluding hydrogens is 270 g/mol. The van der Waals surface area contributed by atoms with Crippen molar-refractivity contribution in [2.75, 3.05) is 6.54 Å². The zero-order valence-corrected chi connectivity index (χ0v) is 11.2. The fourth-order valence-corrected chi connectivity index (χ4v) is 2.38. The molecule has 0 saturated heterocycles. The highest BCUT2D eigenvalue weighted by atomic mass is 32.1. The number of nitrogens with one attached hydrogen (secondary N) is 1. The molecular formula is C13H14F2N2OS. The van der Waals surface area contributed by atoms with Crippen molar-refractivity contribution in [3.05, 3.63) is 35.3 Å². The molecule has 19 heavy (non-hydrogen) atoms. The third kappa shape index (κ3) is 3.97. The molecule has 2 aromatic rings. The minimum Gasteiger partial charge on any atom is -0.435 e. The van der Waals surface area contributed by atoms with Crippen LogP contribution in [0.15, 0.2) is 29.6 Å². The third-order valence-electron chi connectivity index (χ3n) is 2.43. The quantitative estimate of drug-likeness (QED) is 0.881. The van der Waals surface area contributed by atoms with E-state index in [9.17, 15) is 8.78 Å². The van der Waals surface area contributed by atoms with E-state index >= 15 is 0 Å². The Morgan fingerprint density at radius 1 is 1.32 bits per heavy atom. The first-order chi connectivity index (χ1) is 9.19. The predicted octanol–water partition coefficient (Wildman–Crippen LogP) is 3.52. The summed E-state index contributed by atoms with van der Waals surface area (Å²) in [6, 6.07) is 6.50. The smallest absolute Gasteiger partial charge is 0.387 e. The fourth-order valence-electron chi connectivity index (χ4n) is 1.55. The van der Waals surface area contributed by atoms with Gasteiger partial charge >= 0.3 is 6.61 Å². The van der Waals surface area contributed by atoms with E-state index in [4.69, 9.17) is 0 Å². The first-order valence-corrected chi connectivity index (χ1v) is 6.77. The molecule has 0 unspecified atom stereocenters. The topological polar surface area (TPSA) is 34.1 Å². The van der Waals surface area contributed by atoms with Gasteiger partial charge in [0.1, 0.15) is 10.8 Å². The van der Waals surface area contributed by atoms with Crippen LogP contribution in [0.3, 0.4) is 0 Å². The normalized spacial score (nSPS) is 10.9. The van der Waals surface area contributed by atoms with Gasteiger partial charge in [-0.3, -0.25) is 0 Å². The Kier molecular flexibility index (Phi) is 4.81. The fraction of sp³-hybridized carbons (Fsp3) is 0.308. The van der Waals surface area contributed by atoms with Gasteiger partial charge in [0.15, 0.2) is 0 Å². The Morgan fingerprint density at radius 2 is 2.05 bits per heavy atom. The van der Waals surface area contributed by atoms with E-state index < -0.39 is 6.61 Å². The number of aromatic nitrogens is 1. The number of alkyl halides is 2. The lowest BCUT2D eigenvalue weighted by molar-refractivity contribution is -0.0498. The van der Waals surface area contributed by atoms with Crippen molar-refractivity contribution < 1.29 is 13.5 Å². The molecule has 3 nitrogen and oxygen atoms in total. The van der Waals surface area contributed by atoms with Crippen molar-refractivity contribution in [2.45, 2.75) is 20.1 Å². The van der Waals surface area contributed by atoms with Crippen LogP contribution in [0.5, 0.6) is 5.75 Å². The van der Waals surface area contributed by atoms with Gasteiger partial charge < -0.3 is 10.1 Å². The minimum atomic E-state index is -2.79. The van der Waals surface area contributed by atoms with Crippen LogP contribution in [0.4, 0.5) is 8.78 Å². The third-order valence-corrected chi connectivity index (χ3v) is 3.37. The van der Waals surface area contributed by atoms with Crippen LogP contribution in [0.25, 0.3) is 10.6 Å². The molecule has 0 fully saturated rings. The molecule has 1 heterocycles. The van der Waals surface area contributed by atoms with Gasteiger partial charge in [-0.2, -0.15) is 8.78 Å². The number of thiazole rings is 1. The van der Waals surface area contributed by atoms with E-state index in [0.29, 0.717) is 0 Å². The molecule has 0 aliphatic rings. The molecule has 1 aromatic carbocycles. The first kappa shape index (κ1) is 13.9. The maximum atomic E-state index is 12.0. The lowest BCUT2D eigenvalue weighted by Crippen LogP contribution is -2.11. The average Bonchev–Trinajstić information content (AvgIpc) is 2.85. The molecule has 0 aliphatic carbocycles. The molecule has 1 aromatic heterocycles. The summed E-state index contributed by atoms with van der Waals surface area (Å²) >= 11 is 1.53. The highest BCUT2D eigenvalue weighted by Gasteiger charge is 2.07. The summed E-state index contributed by atoms with van der Waals surface area (Å²) in [5.74, 6) is 0.156. The summed E-state index contributed by atoms with van der Waals surface area (Å²) in [6.45, 7) is 0.874. The number of ether oxygens (including phenoxy) is 1. The van der Waals surface area contributed by atoms with Crippen LogP contribution in [0.2, 0.25) is 0 Å². The molecule has 0 bridgehead atoms. The average molecular weight is 284 g/mol. The second-order valence-corrected chi connectivity index (χ2v) is 4.69. The Balaban J connectivity index is 2.07. The Bertz CT molecular complexity index is 514. The number of rotatable bonds is 6. The van der Waals surface area contributed by atoms with Crippen molar-refractivity contribution in [1.29, 1.82) is 0 Å². The van der Waals surface area contributed by atoms with Gasteiger partial charge in [0.2, 0.25) is 0 Å². The van der Waals surface area contributed by atoms with Crippen molar-refractivity contribution in [3.63, 3.8) is 0 Å². The second-order valence-electron chi connectivity index (χ2n) is 3.83. The lowest BCUT2D eigenvalue weighted by Gasteiger charge is -2.04. The van der Waals surface area contributed by atoms with E-state index in [-0.39, 0.29) is 5.75 Å². The van der Waals surface area contributed by atoms with Crippen LogP contribution in [0, 0.1) is 0 Å². The van der Waals surface area contributed by atoms with Crippen LogP contribution < -0.4 is 10.1 Å². The Morgan fingerprint density at radius 3 is 2.68 bits per heavy atom. The van der Waals surface area contributed by atoms with Gasteiger partial charge in [-0.25, -0.2) is 4.98 Å². The molecule has 0 saturated carbocycles. The van der Waals surface area contributed by atoms with E-state index in [1.807, 2.05) is 12.3 Å². The number of halogens is 2. The van der Waals surface area contributed by atoms with Crippen molar-refractivity contribution >= 4 is 11.3 Å². The second kappa shape index (κ2) is 6.58. The van der Waals surface area contributed by atoms with Gasteiger partial charge in [0, 0.05) is 17.5 Å². The van der Waals surface area contributed by atoms with E-state index in [2.05, 4.69) is 15.0 Å². The maximum Gasteiger partial charge on any atom is 0.387 e. The molecule has 0 amide bonds. The Labute approximate surface area is 114 Å². The summed E-state index contributed by atoms with van der Waals surface area (Å²) in [6.07, 6.45) is 0. The van der Waals surface area contributed by atoms with Gasteiger partial charge in [0.05, 0.1) is 5.69 Å². The number of hydrogen-bond donors (Lipinski definition) is 1. The van der Waals surface area contributed by atoms with Crippen LogP contribution >= 0.6 is 11.3 Å². The SMILES string of the molecule is CCNCc1csc(-c2ccc(OC(F)F)cc2)n1. The molecule has 1 N–H and O–H groups in total. The lowest BCUT2D eigenvalue weighted by atomic mass is 10.2. The monoisotopic (exact) mass is 284 g/mol.